The van der Waals surface area contributed by atoms with Crippen LogP contribution < -0.4 is 16.4 Å². The fourth-order valence-corrected chi connectivity index (χ4v) is 2.64. The van der Waals surface area contributed by atoms with Crippen molar-refractivity contribution in [2.45, 2.75) is 52.5 Å². The number of nitrogens with two attached hydrogens (primary N) is 1. The Labute approximate surface area is 185 Å². The minimum atomic E-state index is 0. The Morgan fingerprint density at radius 3 is 2.14 bits per heavy atom. The van der Waals surface area contributed by atoms with Crippen LogP contribution in [0.1, 0.15) is 57.1 Å². The van der Waals surface area contributed by atoms with E-state index in [1.807, 2.05) is 43.3 Å². The molecule has 4 N–H and O–H groups in total. The molecular formula is C22H31IN4O. The van der Waals surface area contributed by atoms with E-state index in [1.165, 1.54) is 5.56 Å². The van der Waals surface area contributed by atoms with E-state index in [9.17, 15) is 4.79 Å². The highest BCUT2D eigenvalue weighted by Crippen LogP contribution is 2.20. The lowest BCUT2D eigenvalue weighted by atomic mass is 9.99. The summed E-state index contributed by atoms with van der Waals surface area (Å²) in [4.78, 5) is 16.0. The SMILES string of the molecule is CCCC(=O)Nc1ccc(CN=C(N)Nc2ccc(C(C)CC)cc2)cc1.I. The highest BCUT2D eigenvalue weighted by molar-refractivity contribution is 14.0. The van der Waals surface area contributed by atoms with Gasteiger partial charge in [-0.05, 0) is 54.2 Å². The standard InChI is InChI=1S/C22H30N4O.HI/c1-4-6-21(27)25-19-11-7-17(8-12-19)15-24-22(23)26-20-13-9-18(10-14-20)16(3)5-2;/h7-14,16H,4-6,15H2,1-3H3,(H,25,27)(H3,23,24,26);1H. The maximum Gasteiger partial charge on any atom is 0.224 e. The number of anilines is 2. The molecule has 2 aromatic carbocycles. The lowest BCUT2D eigenvalue weighted by Gasteiger charge is -2.11. The Bertz CT molecular complexity index is 757. The molecule has 5 nitrogen and oxygen atoms in total. The average Bonchev–Trinajstić information content (AvgIpc) is 2.67. The largest absolute Gasteiger partial charge is 0.370 e. The van der Waals surface area contributed by atoms with E-state index in [-0.39, 0.29) is 29.9 Å². The molecule has 6 heteroatoms. The highest BCUT2D eigenvalue weighted by Gasteiger charge is 2.03. The summed E-state index contributed by atoms with van der Waals surface area (Å²) in [6, 6.07) is 15.9. The number of guanidine groups is 1. The number of nitrogens with one attached hydrogen (secondary N) is 2. The Morgan fingerprint density at radius 2 is 1.57 bits per heavy atom. The zero-order valence-electron chi connectivity index (χ0n) is 16.9. The summed E-state index contributed by atoms with van der Waals surface area (Å²) in [5.41, 5.74) is 10.1. The number of halogens is 1. The van der Waals surface area contributed by atoms with E-state index in [4.69, 9.17) is 5.73 Å². The molecule has 0 aliphatic rings. The van der Waals surface area contributed by atoms with E-state index < -0.39 is 0 Å². The normalized spacial score (nSPS) is 12.0. The smallest absolute Gasteiger partial charge is 0.224 e. The van der Waals surface area contributed by atoms with Gasteiger partial charge in [0, 0.05) is 17.8 Å². The van der Waals surface area contributed by atoms with Gasteiger partial charge in [0.15, 0.2) is 5.96 Å². The third-order valence-corrected chi connectivity index (χ3v) is 4.51. The van der Waals surface area contributed by atoms with Gasteiger partial charge < -0.3 is 16.4 Å². The molecule has 0 aliphatic heterocycles. The van der Waals surface area contributed by atoms with Crippen molar-refractivity contribution >= 4 is 47.2 Å². The van der Waals surface area contributed by atoms with Crippen LogP contribution in [0.4, 0.5) is 11.4 Å². The number of nitrogens with zero attached hydrogens (tertiary/aromatic N) is 1. The molecule has 0 spiro atoms. The van der Waals surface area contributed by atoms with Crippen molar-refractivity contribution in [1.82, 2.24) is 0 Å². The van der Waals surface area contributed by atoms with E-state index in [0.29, 0.717) is 24.8 Å². The topological polar surface area (TPSA) is 79.5 Å². The van der Waals surface area contributed by atoms with Crippen LogP contribution in [-0.2, 0) is 11.3 Å². The summed E-state index contributed by atoms with van der Waals surface area (Å²) in [7, 11) is 0. The van der Waals surface area contributed by atoms with Crippen LogP contribution in [0.25, 0.3) is 0 Å². The lowest BCUT2D eigenvalue weighted by molar-refractivity contribution is -0.116. The lowest BCUT2D eigenvalue weighted by Crippen LogP contribution is -2.22. The molecule has 2 rings (SSSR count). The van der Waals surface area contributed by atoms with Gasteiger partial charge in [0.25, 0.3) is 0 Å². The molecule has 0 radical (unpaired) electrons. The fourth-order valence-electron chi connectivity index (χ4n) is 2.64. The predicted molar refractivity (Wildman–Crippen MR) is 129 cm³/mol. The second-order valence-corrected chi connectivity index (χ2v) is 6.75. The van der Waals surface area contributed by atoms with Gasteiger partial charge in [0.1, 0.15) is 0 Å². The van der Waals surface area contributed by atoms with Crippen LogP contribution in [0.5, 0.6) is 0 Å². The summed E-state index contributed by atoms with van der Waals surface area (Å²) in [6.45, 7) is 6.87. The molecule has 1 atom stereocenters. The summed E-state index contributed by atoms with van der Waals surface area (Å²) in [5, 5.41) is 5.99. The number of amides is 1. The molecule has 152 valence electrons. The zero-order valence-corrected chi connectivity index (χ0v) is 19.2. The maximum atomic E-state index is 11.6. The Hall–Kier alpha value is -2.09. The predicted octanol–water partition coefficient (Wildman–Crippen LogP) is 5.48. The van der Waals surface area contributed by atoms with Gasteiger partial charge in [-0.1, -0.05) is 45.0 Å². The maximum absolute atomic E-state index is 11.6. The Morgan fingerprint density at radius 1 is 1.00 bits per heavy atom. The van der Waals surface area contributed by atoms with Gasteiger partial charge in [0.2, 0.25) is 5.91 Å². The third-order valence-electron chi connectivity index (χ3n) is 4.51. The molecule has 0 heterocycles. The monoisotopic (exact) mass is 494 g/mol. The van der Waals surface area contributed by atoms with Crippen LogP contribution >= 0.6 is 24.0 Å². The first kappa shape index (κ1) is 23.9. The molecule has 2 aromatic rings. The fraction of sp³-hybridized carbons (Fsp3) is 0.364. The molecular weight excluding hydrogens is 463 g/mol. The van der Waals surface area contributed by atoms with Crippen molar-refractivity contribution in [2.24, 2.45) is 10.7 Å². The van der Waals surface area contributed by atoms with E-state index in [1.54, 1.807) is 0 Å². The Balaban J connectivity index is 0.00000392. The van der Waals surface area contributed by atoms with Crippen molar-refractivity contribution in [3.8, 4) is 0 Å². The van der Waals surface area contributed by atoms with Crippen molar-refractivity contribution in [3.05, 3.63) is 59.7 Å². The molecule has 0 aliphatic carbocycles. The van der Waals surface area contributed by atoms with Gasteiger partial charge in [-0.15, -0.1) is 24.0 Å². The number of carbonyl (C=O) groups excluding carboxylic acids is 1. The first-order valence-electron chi connectivity index (χ1n) is 9.57. The van der Waals surface area contributed by atoms with Crippen LogP contribution in [0.3, 0.4) is 0 Å². The number of hydrogen-bond acceptors (Lipinski definition) is 2. The number of benzene rings is 2. The molecule has 0 saturated heterocycles. The quantitative estimate of drug-likeness (QED) is 0.258. The summed E-state index contributed by atoms with van der Waals surface area (Å²) in [6.07, 6.45) is 2.50. The second-order valence-electron chi connectivity index (χ2n) is 6.75. The van der Waals surface area contributed by atoms with E-state index in [0.717, 1.165) is 29.8 Å². The number of aliphatic imine (C=N–C) groups is 1. The van der Waals surface area contributed by atoms with Crippen molar-refractivity contribution < 1.29 is 4.79 Å². The first-order chi connectivity index (χ1) is 13.0. The van der Waals surface area contributed by atoms with E-state index in [2.05, 4.69) is 41.6 Å². The number of hydrogen-bond donors (Lipinski definition) is 3. The molecule has 1 amide bonds. The summed E-state index contributed by atoms with van der Waals surface area (Å²) >= 11 is 0. The van der Waals surface area contributed by atoms with Crippen molar-refractivity contribution in [2.75, 3.05) is 10.6 Å². The second kappa shape index (κ2) is 12.4. The van der Waals surface area contributed by atoms with Gasteiger partial charge in [-0.25, -0.2) is 4.99 Å². The van der Waals surface area contributed by atoms with Crippen LogP contribution in [0.2, 0.25) is 0 Å². The summed E-state index contributed by atoms with van der Waals surface area (Å²) in [5.74, 6) is 0.975. The van der Waals surface area contributed by atoms with Crippen LogP contribution in [-0.4, -0.2) is 11.9 Å². The third kappa shape index (κ3) is 7.88. The average molecular weight is 494 g/mol. The van der Waals surface area contributed by atoms with E-state index >= 15 is 0 Å². The van der Waals surface area contributed by atoms with Crippen LogP contribution in [0, 0.1) is 0 Å². The first-order valence-corrected chi connectivity index (χ1v) is 9.57. The number of carbonyl (C=O) groups is 1. The summed E-state index contributed by atoms with van der Waals surface area (Å²) < 4.78 is 0. The van der Waals surface area contributed by atoms with Crippen molar-refractivity contribution in [3.63, 3.8) is 0 Å². The number of rotatable bonds is 8. The zero-order chi connectivity index (χ0) is 19.6. The van der Waals surface area contributed by atoms with Gasteiger partial charge in [0.05, 0.1) is 6.54 Å². The molecule has 28 heavy (non-hydrogen) atoms. The molecule has 0 bridgehead atoms. The molecule has 1 unspecified atom stereocenters. The molecule has 0 saturated carbocycles. The van der Waals surface area contributed by atoms with Gasteiger partial charge in [-0.3, -0.25) is 4.79 Å². The minimum Gasteiger partial charge on any atom is -0.370 e. The minimum absolute atomic E-state index is 0. The van der Waals surface area contributed by atoms with Crippen molar-refractivity contribution in [1.29, 1.82) is 0 Å². The highest BCUT2D eigenvalue weighted by atomic mass is 127. The van der Waals surface area contributed by atoms with Gasteiger partial charge >= 0.3 is 0 Å². The molecule has 0 aromatic heterocycles. The van der Waals surface area contributed by atoms with Crippen LogP contribution in [0.15, 0.2) is 53.5 Å². The molecule has 0 fully saturated rings. The Kier molecular flexibility index (Phi) is 10.6. The van der Waals surface area contributed by atoms with Gasteiger partial charge in [-0.2, -0.15) is 0 Å².